The van der Waals surface area contributed by atoms with Gasteiger partial charge in [-0.25, -0.2) is 4.79 Å². The fourth-order valence-corrected chi connectivity index (χ4v) is 0.391. The van der Waals surface area contributed by atoms with Gasteiger partial charge < -0.3 is 30.6 Å². The van der Waals surface area contributed by atoms with Crippen LogP contribution >= 0.6 is 0 Å². The Balaban J connectivity index is -0.000000242. The monoisotopic (exact) mass is 241 g/mol. The normalized spacial score (nSPS) is 9.81. The summed E-state index contributed by atoms with van der Waals surface area (Å²) in [5.41, 5.74) is 4.91. The minimum Gasteiger partial charge on any atom is -0.550 e. The summed E-state index contributed by atoms with van der Waals surface area (Å²) in [6.07, 6.45) is 0.333. The molecule has 0 amide bonds. The van der Waals surface area contributed by atoms with Crippen LogP contribution in [0, 0.1) is 0 Å². The molecule has 3 N–H and O–H groups in total. The standard InChI is InChI=1S/C5H9NO4.C3H4O2.Mg/c6-3(5(9)10)1-2-4(7)8;1-2-3(4)5;/h3H,1-2,6H2,(H,7,8)(H,9,10);2H,1H2,(H,4,5);/q;;+2/p-2. The molecule has 0 saturated heterocycles. The summed E-state index contributed by atoms with van der Waals surface area (Å²) in [6.45, 7) is 2.96. The molecule has 0 radical (unpaired) electrons. The van der Waals surface area contributed by atoms with Crippen molar-refractivity contribution < 1.29 is 29.7 Å². The molecule has 0 heterocycles. The van der Waals surface area contributed by atoms with Gasteiger partial charge in [0.2, 0.25) is 0 Å². The van der Waals surface area contributed by atoms with E-state index in [1.54, 1.807) is 0 Å². The van der Waals surface area contributed by atoms with Gasteiger partial charge in [0, 0.05) is 18.1 Å². The van der Waals surface area contributed by atoms with Crippen molar-refractivity contribution in [3.8, 4) is 0 Å². The zero-order valence-electron chi connectivity index (χ0n) is 8.55. The Labute approximate surface area is 108 Å². The summed E-state index contributed by atoms with van der Waals surface area (Å²) in [7, 11) is 0. The Kier molecular flexibility index (Phi) is 15.2. The van der Waals surface area contributed by atoms with E-state index in [0.29, 0.717) is 0 Å². The van der Waals surface area contributed by atoms with Crippen LogP contribution in [0.2, 0.25) is 0 Å². The molecule has 0 saturated carbocycles. The Morgan fingerprint density at radius 2 is 1.75 bits per heavy atom. The maximum atomic E-state index is 9.86. The van der Waals surface area contributed by atoms with E-state index in [2.05, 4.69) is 6.58 Å². The maximum Gasteiger partial charge on any atom is 2.00 e. The molecule has 1 atom stereocenters. The summed E-state index contributed by atoms with van der Waals surface area (Å²) in [5, 5.41) is 27.2. The average molecular weight is 241 g/mol. The molecule has 0 rings (SSSR count). The molecular formula is C8H11MgNO6. The van der Waals surface area contributed by atoms with Crippen molar-refractivity contribution in [1.82, 2.24) is 0 Å². The molecule has 0 aromatic carbocycles. The molecule has 8 heteroatoms. The van der Waals surface area contributed by atoms with Crippen LogP contribution in [-0.4, -0.2) is 52.1 Å². The number of hydrogen-bond donors (Lipinski definition) is 2. The predicted molar refractivity (Wildman–Crippen MR) is 50.8 cm³/mol. The molecular weight excluding hydrogens is 230 g/mol. The average Bonchev–Trinajstić information content (AvgIpc) is 2.14. The smallest absolute Gasteiger partial charge is 0.550 e. The third-order valence-corrected chi connectivity index (χ3v) is 1.14. The van der Waals surface area contributed by atoms with Gasteiger partial charge in [0.25, 0.3) is 0 Å². The van der Waals surface area contributed by atoms with Gasteiger partial charge in [0.05, 0.1) is 5.97 Å². The quantitative estimate of drug-likeness (QED) is 0.375. The van der Waals surface area contributed by atoms with E-state index in [9.17, 15) is 24.6 Å². The minimum absolute atomic E-state index is 0. The van der Waals surface area contributed by atoms with Crippen LogP contribution in [0.15, 0.2) is 12.7 Å². The molecule has 0 aromatic heterocycles. The van der Waals surface area contributed by atoms with Gasteiger partial charge in [-0.1, -0.05) is 6.58 Å². The number of hydrogen-bond acceptors (Lipinski definition) is 6. The zero-order chi connectivity index (χ0) is 12.4. The van der Waals surface area contributed by atoms with E-state index < -0.39 is 23.9 Å². The van der Waals surface area contributed by atoms with Crippen molar-refractivity contribution >= 4 is 41.0 Å². The van der Waals surface area contributed by atoms with Gasteiger partial charge in [0.1, 0.15) is 0 Å². The first-order valence-corrected chi connectivity index (χ1v) is 3.82. The van der Waals surface area contributed by atoms with E-state index in [0.717, 1.165) is 6.08 Å². The molecule has 7 nitrogen and oxygen atoms in total. The first kappa shape index (κ1) is 20.3. The molecule has 0 aliphatic carbocycles. The third kappa shape index (κ3) is 18.6. The second kappa shape index (κ2) is 11.9. The summed E-state index contributed by atoms with van der Waals surface area (Å²) < 4.78 is 0. The summed E-state index contributed by atoms with van der Waals surface area (Å²) in [6, 6.07) is -1.21. The van der Waals surface area contributed by atoms with Crippen molar-refractivity contribution in [2.75, 3.05) is 0 Å². The molecule has 0 aromatic rings. The number of carbonyl (C=O) groups is 3. The first-order valence-electron chi connectivity index (χ1n) is 3.82. The van der Waals surface area contributed by atoms with Crippen molar-refractivity contribution in [3.05, 3.63) is 12.7 Å². The fourth-order valence-electron chi connectivity index (χ4n) is 0.391. The first-order chi connectivity index (χ1) is 6.81. The van der Waals surface area contributed by atoms with Crippen molar-refractivity contribution in [1.29, 1.82) is 0 Å². The Morgan fingerprint density at radius 1 is 1.38 bits per heavy atom. The van der Waals surface area contributed by atoms with Crippen molar-refractivity contribution in [2.24, 2.45) is 5.73 Å². The molecule has 86 valence electrons. The van der Waals surface area contributed by atoms with Crippen LogP contribution in [-0.2, 0) is 14.4 Å². The van der Waals surface area contributed by atoms with E-state index in [1.165, 1.54) is 0 Å². The van der Waals surface area contributed by atoms with E-state index in [1.807, 2.05) is 0 Å². The Hall–Kier alpha value is -1.12. The second-order valence-electron chi connectivity index (χ2n) is 2.38. The molecule has 0 fully saturated rings. The number of carbonyl (C=O) groups excluding carboxylic acids is 2. The molecule has 0 bridgehead atoms. The van der Waals surface area contributed by atoms with Gasteiger partial charge in [0.15, 0.2) is 0 Å². The van der Waals surface area contributed by atoms with Crippen molar-refractivity contribution in [3.63, 3.8) is 0 Å². The van der Waals surface area contributed by atoms with E-state index in [4.69, 9.17) is 10.8 Å². The number of aliphatic carboxylic acids is 3. The van der Waals surface area contributed by atoms with Crippen LogP contribution in [0.1, 0.15) is 12.8 Å². The third-order valence-electron chi connectivity index (χ3n) is 1.14. The summed E-state index contributed by atoms with van der Waals surface area (Å²) in [5.74, 6) is -3.73. The summed E-state index contributed by atoms with van der Waals surface area (Å²) in [4.78, 5) is 28.9. The van der Waals surface area contributed by atoms with Crippen molar-refractivity contribution in [2.45, 2.75) is 18.9 Å². The van der Waals surface area contributed by atoms with E-state index in [-0.39, 0.29) is 35.9 Å². The fraction of sp³-hybridized carbons (Fsp3) is 0.375. The Morgan fingerprint density at radius 3 is 1.94 bits per heavy atom. The maximum absolute atomic E-state index is 9.86. The molecule has 16 heavy (non-hydrogen) atoms. The van der Waals surface area contributed by atoms with Gasteiger partial charge in [-0.05, 0) is 12.8 Å². The SMILES string of the molecule is C=CC(=O)O.NC(CCC(=O)[O-])C(=O)[O-].[Mg+2]. The summed E-state index contributed by atoms with van der Waals surface area (Å²) >= 11 is 0. The number of rotatable bonds is 5. The predicted octanol–water partition coefficient (Wildman–Crippen LogP) is -3.53. The van der Waals surface area contributed by atoms with Crippen LogP contribution in [0.25, 0.3) is 0 Å². The topological polar surface area (TPSA) is 144 Å². The minimum atomic E-state index is -1.44. The van der Waals surface area contributed by atoms with Crippen LogP contribution in [0.4, 0.5) is 0 Å². The molecule has 0 spiro atoms. The molecule has 1 unspecified atom stereocenters. The van der Waals surface area contributed by atoms with Gasteiger partial charge in [-0.15, -0.1) is 0 Å². The van der Waals surface area contributed by atoms with Crippen LogP contribution < -0.4 is 15.9 Å². The second-order valence-corrected chi connectivity index (χ2v) is 2.38. The number of carboxylic acid groups (broad SMARTS) is 3. The van der Waals surface area contributed by atoms with Gasteiger partial charge >= 0.3 is 29.0 Å². The largest absolute Gasteiger partial charge is 2.00 e. The van der Waals surface area contributed by atoms with Crippen LogP contribution in [0.5, 0.6) is 0 Å². The number of carboxylic acids is 3. The van der Waals surface area contributed by atoms with Crippen LogP contribution in [0.3, 0.4) is 0 Å². The van der Waals surface area contributed by atoms with E-state index >= 15 is 0 Å². The van der Waals surface area contributed by atoms with Gasteiger partial charge in [-0.2, -0.15) is 0 Å². The number of nitrogens with two attached hydrogens (primary N) is 1. The Bertz CT molecular complexity index is 255. The zero-order valence-corrected chi connectivity index (χ0v) is 9.96. The molecule has 0 aliphatic heterocycles. The molecule has 0 aliphatic rings. The van der Waals surface area contributed by atoms with Gasteiger partial charge in [-0.3, -0.25) is 0 Å².